The topological polar surface area (TPSA) is 81.2 Å². The summed E-state index contributed by atoms with van der Waals surface area (Å²) in [6.45, 7) is 4.16. The molecule has 0 fully saturated rings. The van der Waals surface area contributed by atoms with E-state index in [1.54, 1.807) is 13.0 Å². The predicted molar refractivity (Wildman–Crippen MR) is 62.9 cm³/mol. The van der Waals surface area contributed by atoms with Crippen molar-refractivity contribution in [1.82, 2.24) is 15.6 Å². The van der Waals surface area contributed by atoms with Crippen molar-refractivity contribution in [3.05, 3.63) is 35.0 Å². The summed E-state index contributed by atoms with van der Waals surface area (Å²) in [6.07, 6.45) is 0.885. The average molecular weight is 249 g/mol. The number of carbonyl (C=O) groups is 1. The van der Waals surface area contributed by atoms with Crippen molar-refractivity contribution in [2.45, 2.75) is 26.7 Å². The molecule has 0 aromatic carbocycles. The van der Waals surface area contributed by atoms with Gasteiger partial charge in [0.15, 0.2) is 0 Å². The van der Waals surface area contributed by atoms with Gasteiger partial charge in [0.1, 0.15) is 11.5 Å². The van der Waals surface area contributed by atoms with E-state index in [0.29, 0.717) is 24.4 Å². The van der Waals surface area contributed by atoms with Gasteiger partial charge in [0.25, 0.3) is 0 Å². The first-order chi connectivity index (χ1) is 8.63. The Morgan fingerprint density at radius 3 is 2.33 bits per heavy atom. The highest BCUT2D eigenvalue weighted by Crippen LogP contribution is 2.03. The molecule has 0 atom stereocenters. The third kappa shape index (κ3) is 3.44. The van der Waals surface area contributed by atoms with Crippen LogP contribution in [0.15, 0.2) is 21.2 Å². The second-order valence-corrected chi connectivity index (χ2v) is 4.13. The highest BCUT2D eigenvalue weighted by molar-refractivity contribution is 5.78. The van der Waals surface area contributed by atoms with Crippen LogP contribution in [0, 0.1) is 13.8 Å². The first-order valence-electron chi connectivity index (χ1n) is 5.74. The summed E-state index contributed by atoms with van der Waals surface area (Å²) in [4.78, 5) is 11.6. The standard InChI is InChI=1S/C12H15N3O3/c1-8-5-10(14-17-8)3-4-13-12(16)7-11-6-9(2)18-15-11/h5-6H,3-4,7H2,1-2H3,(H,13,16). The Morgan fingerprint density at radius 1 is 1.17 bits per heavy atom. The molecular formula is C12H15N3O3. The van der Waals surface area contributed by atoms with E-state index in [-0.39, 0.29) is 12.3 Å². The molecule has 0 unspecified atom stereocenters. The molecule has 18 heavy (non-hydrogen) atoms. The number of aryl methyl sites for hydroxylation is 2. The molecule has 96 valence electrons. The zero-order valence-electron chi connectivity index (χ0n) is 10.4. The third-order valence-corrected chi connectivity index (χ3v) is 2.40. The molecule has 2 aromatic rings. The van der Waals surface area contributed by atoms with Crippen molar-refractivity contribution < 1.29 is 13.8 Å². The van der Waals surface area contributed by atoms with E-state index >= 15 is 0 Å². The minimum atomic E-state index is -0.0801. The SMILES string of the molecule is Cc1cc(CCNC(=O)Cc2cc(C)on2)no1. The molecule has 2 aromatic heterocycles. The Balaban J connectivity index is 1.72. The minimum absolute atomic E-state index is 0.0801. The van der Waals surface area contributed by atoms with Gasteiger partial charge in [0.05, 0.1) is 17.8 Å². The summed E-state index contributed by atoms with van der Waals surface area (Å²) in [5.41, 5.74) is 1.48. The van der Waals surface area contributed by atoms with Crippen molar-refractivity contribution in [2.24, 2.45) is 0 Å². The average Bonchev–Trinajstić information content (AvgIpc) is 2.88. The highest BCUT2D eigenvalue weighted by Gasteiger charge is 2.07. The maximum Gasteiger partial charge on any atom is 0.226 e. The molecule has 1 amide bonds. The van der Waals surface area contributed by atoms with Gasteiger partial charge in [-0.2, -0.15) is 0 Å². The largest absolute Gasteiger partial charge is 0.361 e. The molecular weight excluding hydrogens is 234 g/mol. The Bertz CT molecular complexity index is 530. The fraction of sp³-hybridized carbons (Fsp3) is 0.417. The monoisotopic (exact) mass is 249 g/mol. The molecule has 0 bridgehead atoms. The van der Waals surface area contributed by atoms with Gasteiger partial charge in [0.2, 0.25) is 5.91 Å². The normalized spacial score (nSPS) is 10.6. The second kappa shape index (κ2) is 5.48. The Morgan fingerprint density at radius 2 is 1.78 bits per heavy atom. The predicted octanol–water partition coefficient (Wildman–Crippen LogP) is 1.18. The molecule has 2 heterocycles. The smallest absolute Gasteiger partial charge is 0.226 e. The summed E-state index contributed by atoms with van der Waals surface area (Å²) in [5, 5.41) is 10.4. The number of hydrogen-bond donors (Lipinski definition) is 1. The molecule has 1 N–H and O–H groups in total. The van der Waals surface area contributed by atoms with Crippen LogP contribution in [0.1, 0.15) is 22.9 Å². The van der Waals surface area contributed by atoms with E-state index in [4.69, 9.17) is 9.05 Å². The fourth-order valence-electron chi connectivity index (χ4n) is 1.59. The molecule has 0 spiro atoms. The molecule has 0 saturated heterocycles. The van der Waals surface area contributed by atoms with Gasteiger partial charge in [-0.15, -0.1) is 0 Å². The lowest BCUT2D eigenvalue weighted by atomic mass is 10.2. The molecule has 2 rings (SSSR count). The number of hydrogen-bond acceptors (Lipinski definition) is 5. The van der Waals surface area contributed by atoms with E-state index in [2.05, 4.69) is 15.6 Å². The maximum atomic E-state index is 11.6. The number of nitrogens with one attached hydrogen (secondary N) is 1. The number of aromatic nitrogens is 2. The van der Waals surface area contributed by atoms with Crippen LogP contribution >= 0.6 is 0 Å². The molecule has 0 saturated carbocycles. The number of rotatable bonds is 5. The summed E-state index contributed by atoms with van der Waals surface area (Å²) in [5.74, 6) is 1.40. The molecule has 0 aliphatic carbocycles. The third-order valence-electron chi connectivity index (χ3n) is 2.40. The van der Waals surface area contributed by atoms with Crippen LogP contribution < -0.4 is 5.32 Å². The van der Waals surface area contributed by atoms with Gasteiger partial charge in [-0.25, -0.2) is 0 Å². The maximum absolute atomic E-state index is 11.6. The summed E-state index contributed by atoms with van der Waals surface area (Å²) >= 11 is 0. The Labute approximate surface area is 104 Å². The zero-order valence-corrected chi connectivity index (χ0v) is 10.4. The van der Waals surface area contributed by atoms with Crippen molar-refractivity contribution in [3.63, 3.8) is 0 Å². The van der Waals surface area contributed by atoms with Crippen LogP contribution in [-0.4, -0.2) is 22.8 Å². The minimum Gasteiger partial charge on any atom is -0.361 e. The number of nitrogens with zero attached hydrogens (tertiary/aromatic N) is 2. The van der Waals surface area contributed by atoms with Crippen LogP contribution in [0.2, 0.25) is 0 Å². The first-order valence-corrected chi connectivity index (χ1v) is 5.74. The van der Waals surface area contributed by atoms with E-state index in [9.17, 15) is 4.79 Å². The van der Waals surface area contributed by atoms with E-state index in [0.717, 1.165) is 11.5 Å². The number of amides is 1. The van der Waals surface area contributed by atoms with Crippen molar-refractivity contribution in [3.8, 4) is 0 Å². The van der Waals surface area contributed by atoms with Gasteiger partial charge in [0, 0.05) is 25.1 Å². The second-order valence-electron chi connectivity index (χ2n) is 4.13. The summed E-state index contributed by atoms with van der Waals surface area (Å²) in [7, 11) is 0. The van der Waals surface area contributed by atoms with E-state index < -0.39 is 0 Å². The summed E-state index contributed by atoms with van der Waals surface area (Å²) < 4.78 is 9.82. The highest BCUT2D eigenvalue weighted by atomic mass is 16.5. The number of carbonyl (C=O) groups excluding carboxylic acids is 1. The Hall–Kier alpha value is -2.11. The van der Waals surface area contributed by atoms with Crippen molar-refractivity contribution in [2.75, 3.05) is 6.54 Å². The quantitative estimate of drug-likeness (QED) is 0.860. The van der Waals surface area contributed by atoms with Gasteiger partial charge >= 0.3 is 0 Å². The molecule has 0 aliphatic rings. The van der Waals surface area contributed by atoms with Crippen LogP contribution in [-0.2, 0) is 17.6 Å². The molecule has 6 heteroatoms. The Kier molecular flexibility index (Phi) is 3.76. The van der Waals surface area contributed by atoms with Gasteiger partial charge in [-0.1, -0.05) is 10.3 Å². The fourth-order valence-corrected chi connectivity index (χ4v) is 1.59. The van der Waals surface area contributed by atoms with Crippen LogP contribution in [0.4, 0.5) is 0 Å². The van der Waals surface area contributed by atoms with Gasteiger partial charge in [-0.05, 0) is 13.8 Å². The van der Waals surface area contributed by atoms with Crippen LogP contribution in [0.5, 0.6) is 0 Å². The lowest BCUT2D eigenvalue weighted by Gasteiger charge is -2.01. The lowest BCUT2D eigenvalue weighted by molar-refractivity contribution is -0.120. The van der Waals surface area contributed by atoms with Crippen molar-refractivity contribution in [1.29, 1.82) is 0 Å². The molecule has 6 nitrogen and oxygen atoms in total. The van der Waals surface area contributed by atoms with Crippen molar-refractivity contribution >= 4 is 5.91 Å². The van der Waals surface area contributed by atoms with E-state index in [1.165, 1.54) is 0 Å². The van der Waals surface area contributed by atoms with Gasteiger partial charge < -0.3 is 14.4 Å². The zero-order chi connectivity index (χ0) is 13.0. The van der Waals surface area contributed by atoms with Crippen LogP contribution in [0.25, 0.3) is 0 Å². The summed E-state index contributed by atoms with van der Waals surface area (Å²) in [6, 6.07) is 3.60. The molecule has 0 aliphatic heterocycles. The molecule has 0 radical (unpaired) electrons. The lowest BCUT2D eigenvalue weighted by Crippen LogP contribution is -2.27. The van der Waals surface area contributed by atoms with E-state index in [1.807, 2.05) is 13.0 Å². The first kappa shape index (κ1) is 12.3. The van der Waals surface area contributed by atoms with Gasteiger partial charge in [-0.3, -0.25) is 4.79 Å². The van der Waals surface area contributed by atoms with Crippen LogP contribution in [0.3, 0.4) is 0 Å².